The van der Waals surface area contributed by atoms with Crippen LogP contribution in [-0.2, 0) is 23.4 Å². The van der Waals surface area contributed by atoms with Gasteiger partial charge < -0.3 is 29.6 Å². The molecule has 17 heteroatoms. The topological polar surface area (TPSA) is 182 Å². The van der Waals surface area contributed by atoms with Crippen molar-refractivity contribution in [2.45, 2.75) is 82.5 Å². The Balaban J connectivity index is 1.38. The van der Waals surface area contributed by atoms with Gasteiger partial charge in [0.2, 0.25) is 11.8 Å². The van der Waals surface area contributed by atoms with Crippen LogP contribution in [0, 0.1) is 0 Å². The first kappa shape index (κ1) is 32.0. The third-order valence-electron chi connectivity index (χ3n) is 7.36. The number of ether oxygens (including phenoxy) is 3. The third-order valence-corrected chi connectivity index (χ3v) is 8.99. The zero-order valence-electron chi connectivity index (χ0n) is 24.4. The zero-order chi connectivity index (χ0) is 31.7. The quantitative estimate of drug-likeness (QED) is 0.192. The maximum atomic E-state index is 16.3. The molecule has 0 bridgehead atoms. The van der Waals surface area contributed by atoms with Crippen LogP contribution in [-0.4, -0.2) is 73.6 Å². The summed E-state index contributed by atoms with van der Waals surface area (Å²) in [6.45, 7) is 2.97. The van der Waals surface area contributed by atoms with Gasteiger partial charge in [-0.2, -0.15) is 15.1 Å². The smallest absolute Gasteiger partial charge is 0.459 e. The number of esters is 1. The lowest BCUT2D eigenvalue weighted by molar-refractivity contribution is -0.202. The van der Waals surface area contributed by atoms with Crippen LogP contribution in [0.5, 0.6) is 11.6 Å². The van der Waals surface area contributed by atoms with Gasteiger partial charge in [0.1, 0.15) is 24.5 Å². The molecule has 0 spiro atoms. The highest BCUT2D eigenvalue weighted by Crippen LogP contribution is 2.52. The maximum Gasteiger partial charge on any atom is 0.459 e. The number of nitrogens with two attached hydrogens (primary N) is 1. The molecule has 1 saturated carbocycles. The van der Waals surface area contributed by atoms with Crippen LogP contribution in [0.3, 0.4) is 0 Å². The molecule has 4 N–H and O–H groups in total. The van der Waals surface area contributed by atoms with Crippen molar-refractivity contribution in [3.8, 4) is 11.6 Å². The average Bonchev–Trinajstić information content (AvgIpc) is 3.68. The van der Waals surface area contributed by atoms with E-state index in [1.807, 2.05) is 0 Å². The van der Waals surface area contributed by atoms with Gasteiger partial charge in [-0.25, -0.2) is 18.3 Å². The Morgan fingerprint density at radius 1 is 1.27 bits per heavy atom. The first-order valence-corrected chi connectivity index (χ1v) is 15.7. The van der Waals surface area contributed by atoms with Gasteiger partial charge in [0.05, 0.1) is 12.9 Å². The molecule has 6 atom stereocenters. The highest BCUT2D eigenvalue weighted by Gasteiger charge is 2.65. The number of para-hydroxylation sites is 1. The van der Waals surface area contributed by atoms with Crippen molar-refractivity contribution < 1.29 is 46.5 Å². The second kappa shape index (κ2) is 12.5. The number of hydrogen-bond acceptors (Lipinski definition) is 12. The number of fused-ring (bicyclic) bond motifs is 1. The molecule has 2 aromatic heterocycles. The molecular formula is C27H35F2N6O8P. The highest BCUT2D eigenvalue weighted by atomic mass is 31.2. The van der Waals surface area contributed by atoms with Gasteiger partial charge in [-0.05, 0) is 58.6 Å². The molecule has 44 heavy (non-hydrogen) atoms. The summed E-state index contributed by atoms with van der Waals surface area (Å²) >= 11 is 0. The number of rotatable bonds is 12. The predicted octanol–water partition coefficient (Wildman–Crippen LogP) is 3.76. The molecule has 0 radical (unpaired) electrons. The van der Waals surface area contributed by atoms with Crippen LogP contribution < -0.4 is 20.1 Å². The number of aliphatic hydroxyl groups is 1. The number of benzene rings is 1. The Morgan fingerprint density at radius 2 is 1.98 bits per heavy atom. The lowest BCUT2D eigenvalue weighted by Crippen LogP contribution is -2.47. The van der Waals surface area contributed by atoms with Crippen molar-refractivity contribution in [3.63, 3.8) is 0 Å². The number of halogens is 2. The first-order valence-electron chi connectivity index (χ1n) is 14.2. The maximum absolute atomic E-state index is 16.3. The lowest BCUT2D eigenvalue weighted by Gasteiger charge is -2.28. The standard InChI is InChI=1S/C27H35F2N6O8P/c1-4-39-21-19-20(32-25(30)33-21)35(15-31-19)24-26(3,28)23(37)27(29,42-24)14-40-44(38,43-18-12-6-5-7-13-18)34-16(2)22(36)41-17-10-8-9-11-17/h5-7,12-13,15-17,23-24,37H,4,8-11,14H2,1-3H3,(H,34,38)(H2,30,32,33). The van der Waals surface area contributed by atoms with E-state index in [0.717, 1.165) is 30.7 Å². The molecule has 240 valence electrons. The van der Waals surface area contributed by atoms with Gasteiger partial charge in [-0.3, -0.25) is 13.9 Å². The van der Waals surface area contributed by atoms with E-state index in [1.54, 1.807) is 25.1 Å². The first-order chi connectivity index (χ1) is 20.8. The van der Waals surface area contributed by atoms with Gasteiger partial charge in [-0.15, -0.1) is 0 Å². The second-order valence-corrected chi connectivity index (χ2v) is 12.5. The Labute approximate surface area is 251 Å². The summed E-state index contributed by atoms with van der Waals surface area (Å²) in [6, 6.07) is 6.61. The SMILES string of the molecule is CCOc1nc(N)nc2c1ncn2C1OC(F)(COP(=O)(NC(C)C(=O)OC2CCCC2)Oc2ccccc2)C(O)C1(C)F. The number of anilines is 1. The second-order valence-electron chi connectivity index (χ2n) is 10.8. The number of nitrogen functional groups attached to an aromatic ring is 1. The monoisotopic (exact) mass is 640 g/mol. The Hall–Kier alpha value is -3.43. The van der Waals surface area contributed by atoms with E-state index in [4.69, 9.17) is 29.0 Å². The van der Waals surface area contributed by atoms with E-state index in [-0.39, 0.29) is 41.5 Å². The van der Waals surface area contributed by atoms with Crippen molar-refractivity contribution in [2.75, 3.05) is 18.9 Å². The van der Waals surface area contributed by atoms with E-state index in [2.05, 4.69) is 20.0 Å². The molecule has 0 amide bonds. The largest absolute Gasteiger partial charge is 0.476 e. The molecule has 3 aromatic rings. The molecule has 1 aromatic carbocycles. The van der Waals surface area contributed by atoms with E-state index in [0.29, 0.717) is 12.8 Å². The minimum Gasteiger partial charge on any atom is -0.476 e. The Morgan fingerprint density at radius 3 is 2.66 bits per heavy atom. The number of hydrogen-bond donors (Lipinski definition) is 3. The van der Waals surface area contributed by atoms with E-state index < -0.39 is 50.2 Å². The van der Waals surface area contributed by atoms with E-state index >= 15 is 8.78 Å². The van der Waals surface area contributed by atoms with Gasteiger partial charge in [0.15, 0.2) is 29.2 Å². The van der Waals surface area contributed by atoms with Crippen molar-refractivity contribution in [1.82, 2.24) is 24.6 Å². The van der Waals surface area contributed by atoms with Crippen molar-refractivity contribution in [3.05, 3.63) is 36.7 Å². The average molecular weight is 641 g/mol. The Bertz CT molecular complexity index is 1520. The Kier molecular flexibility index (Phi) is 9.10. The summed E-state index contributed by atoms with van der Waals surface area (Å²) in [4.78, 5) is 24.9. The molecule has 2 aliphatic rings. The van der Waals surface area contributed by atoms with Gasteiger partial charge >= 0.3 is 13.7 Å². The van der Waals surface area contributed by atoms with E-state index in [1.165, 1.54) is 19.1 Å². The fraction of sp³-hybridized carbons (Fsp3) is 0.556. The molecule has 3 heterocycles. The number of aliphatic hydroxyl groups excluding tert-OH is 1. The number of imidazole rings is 1. The van der Waals surface area contributed by atoms with Crippen LogP contribution in [0.4, 0.5) is 14.7 Å². The molecule has 1 aliphatic carbocycles. The number of carbonyl (C=O) groups excluding carboxylic acids is 1. The summed E-state index contributed by atoms with van der Waals surface area (Å²) in [5.41, 5.74) is 3.07. The third kappa shape index (κ3) is 6.49. The number of alkyl halides is 2. The highest BCUT2D eigenvalue weighted by molar-refractivity contribution is 7.52. The summed E-state index contributed by atoms with van der Waals surface area (Å²) in [6.07, 6.45) is -0.136. The molecule has 6 unspecified atom stereocenters. The molecule has 2 fully saturated rings. The molecule has 14 nitrogen and oxygen atoms in total. The summed E-state index contributed by atoms with van der Waals surface area (Å²) in [5, 5.41) is 13.3. The predicted molar refractivity (Wildman–Crippen MR) is 152 cm³/mol. The van der Waals surface area contributed by atoms with Crippen LogP contribution in [0.15, 0.2) is 36.7 Å². The van der Waals surface area contributed by atoms with E-state index in [9.17, 15) is 14.5 Å². The summed E-state index contributed by atoms with van der Waals surface area (Å²) in [7, 11) is -4.58. The fourth-order valence-corrected chi connectivity index (χ4v) is 6.63. The molecule has 1 aliphatic heterocycles. The van der Waals surface area contributed by atoms with Crippen LogP contribution >= 0.6 is 7.75 Å². The van der Waals surface area contributed by atoms with Gasteiger partial charge in [0, 0.05) is 0 Å². The van der Waals surface area contributed by atoms with Crippen molar-refractivity contribution in [1.29, 1.82) is 0 Å². The minimum absolute atomic E-state index is 0.0216. The fourth-order valence-electron chi connectivity index (χ4n) is 5.12. The molecular weight excluding hydrogens is 605 g/mol. The minimum atomic E-state index is -4.58. The van der Waals surface area contributed by atoms with Gasteiger partial charge in [-0.1, -0.05) is 18.2 Å². The number of carbonyl (C=O) groups is 1. The number of nitrogens with zero attached hydrogens (tertiary/aromatic N) is 4. The zero-order valence-corrected chi connectivity index (χ0v) is 25.3. The summed E-state index contributed by atoms with van der Waals surface area (Å²) < 4.78 is 74.6. The number of aromatic nitrogens is 4. The lowest BCUT2D eigenvalue weighted by atomic mass is 9.97. The molecule has 5 rings (SSSR count). The van der Waals surface area contributed by atoms with Gasteiger partial charge in [0.25, 0.3) is 5.85 Å². The van der Waals surface area contributed by atoms with Crippen LogP contribution in [0.1, 0.15) is 52.7 Å². The van der Waals surface area contributed by atoms with Crippen LogP contribution in [0.25, 0.3) is 11.2 Å². The molecule has 1 saturated heterocycles. The normalized spacial score (nSPS) is 27.7. The summed E-state index contributed by atoms with van der Waals surface area (Å²) in [5.74, 6) is -4.09. The number of nitrogens with one attached hydrogen (secondary N) is 1. The van der Waals surface area contributed by atoms with Crippen molar-refractivity contribution >= 4 is 30.8 Å². The van der Waals surface area contributed by atoms with Crippen LogP contribution in [0.2, 0.25) is 0 Å². The van der Waals surface area contributed by atoms with Crippen molar-refractivity contribution in [2.24, 2.45) is 0 Å².